The van der Waals surface area contributed by atoms with Crippen molar-refractivity contribution in [1.29, 1.82) is 0 Å². The van der Waals surface area contributed by atoms with Crippen molar-refractivity contribution >= 4 is 29.1 Å². The summed E-state index contributed by atoms with van der Waals surface area (Å²) >= 11 is 0.897. The van der Waals surface area contributed by atoms with Crippen LogP contribution in [0.2, 0.25) is 0 Å². The summed E-state index contributed by atoms with van der Waals surface area (Å²) in [5.74, 6) is -0.242. The third-order valence-electron chi connectivity index (χ3n) is 3.82. The third kappa shape index (κ3) is 8.37. The normalized spacial score (nSPS) is 10.2. The van der Waals surface area contributed by atoms with Crippen LogP contribution < -0.4 is 5.73 Å². The summed E-state index contributed by atoms with van der Waals surface area (Å²) in [6.07, 6.45) is -0.741. The highest BCUT2D eigenvalue weighted by molar-refractivity contribution is 8.13. The number of carbonyl (C=O) groups excluding carboxylic acids is 3. The summed E-state index contributed by atoms with van der Waals surface area (Å²) in [5, 5.41) is -0.474. The molecule has 0 aliphatic carbocycles. The Morgan fingerprint density at radius 1 is 0.862 bits per heavy atom. The van der Waals surface area contributed by atoms with E-state index >= 15 is 0 Å². The van der Waals surface area contributed by atoms with E-state index in [1.54, 1.807) is 0 Å². The van der Waals surface area contributed by atoms with Crippen LogP contribution in [0.1, 0.15) is 17.5 Å². The van der Waals surface area contributed by atoms with Crippen LogP contribution in [0.3, 0.4) is 0 Å². The molecule has 0 spiro atoms. The molecule has 0 unspecified atom stereocenters. The second kappa shape index (κ2) is 12.6. The molecule has 29 heavy (non-hydrogen) atoms. The molecular formula is C21H24N2O5S. The molecule has 0 saturated carbocycles. The first-order valence-corrected chi connectivity index (χ1v) is 10.1. The van der Waals surface area contributed by atoms with Crippen LogP contribution >= 0.6 is 11.8 Å². The van der Waals surface area contributed by atoms with Crippen LogP contribution in [0.25, 0.3) is 0 Å². The van der Waals surface area contributed by atoms with Gasteiger partial charge in [0.25, 0.3) is 0 Å². The number of nitrogens with two attached hydrogens (primary N) is 1. The summed E-state index contributed by atoms with van der Waals surface area (Å²) in [6, 6.07) is 18.5. The lowest BCUT2D eigenvalue weighted by atomic mass is 10.2. The van der Waals surface area contributed by atoms with Gasteiger partial charge in [-0.05, 0) is 22.9 Å². The lowest BCUT2D eigenvalue weighted by Gasteiger charge is -2.20. The lowest BCUT2D eigenvalue weighted by molar-refractivity contribution is -0.129. The Bertz CT molecular complexity index is 786. The van der Waals surface area contributed by atoms with E-state index in [0.29, 0.717) is 0 Å². The first-order valence-electron chi connectivity index (χ1n) is 9.14. The maximum Gasteiger partial charge on any atom is 0.416 e. The number of ether oxygens (including phenoxy) is 2. The summed E-state index contributed by atoms with van der Waals surface area (Å²) in [6.45, 7) is 0.366. The van der Waals surface area contributed by atoms with Crippen molar-refractivity contribution in [2.45, 2.75) is 19.6 Å². The zero-order valence-corrected chi connectivity index (χ0v) is 16.8. The molecule has 0 heterocycles. The van der Waals surface area contributed by atoms with E-state index in [4.69, 9.17) is 15.2 Å². The standard InChI is InChI=1S/C21H24N2O5S/c22-12-11-19(24)23(20(25)27-15-17-7-3-1-4-8-17)13-14-29-21(26)28-16-18-9-5-2-6-10-18/h1-10H,11-16,22H2. The molecule has 0 atom stereocenters. The SMILES string of the molecule is NCCC(=O)N(CCSC(=O)OCc1ccccc1)C(=O)OCc1ccccc1. The summed E-state index contributed by atoms with van der Waals surface area (Å²) in [5.41, 5.74) is 7.12. The minimum atomic E-state index is -0.759. The quantitative estimate of drug-likeness (QED) is 0.624. The molecule has 0 fully saturated rings. The highest BCUT2D eigenvalue weighted by atomic mass is 32.2. The first-order chi connectivity index (χ1) is 14.1. The first kappa shape index (κ1) is 22.4. The van der Waals surface area contributed by atoms with E-state index in [0.717, 1.165) is 27.8 Å². The van der Waals surface area contributed by atoms with Crippen molar-refractivity contribution in [2.75, 3.05) is 18.8 Å². The molecule has 7 nitrogen and oxygen atoms in total. The van der Waals surface area contributed by atoms with Gasteiger partial charge >= 0.3 is 11.4 Å². The number of amides is 2. The van der Waals surface area contributed by atoms with Crippen LogP contribution in [0.4, 0.5) is 9.59 Å². The summed E-state index contributed by atoms with van der Waals surface area (Å²) in [7, 11) is 0. The maximum atomic E-state index is 12.3. The molecule has 0 aliphatic rings. The second-order valence-electron chi connectivity index (χ2n) is 6.00. The highest BCUT2D eigenvalue weighted by Gasteiger charge is 2.22. The van der Waals surface area contributed by atoms with Gasteiger partial charge in [0.1, 0.15) is 13.2 Å². The van der Waals surface area contributed by atoms with E-state index in [1.165, 1.54) is 0 Å². The van der Waals surface area contributed by atoms with Crippen molar-refractivity contribution in [3.05, 3.63) is 71.8 Å². The van der Waals surface area contributed by atoms with Gasteiger partial charge in [0.15, 0.2) is 0 Å². The highest BCUT2D eigenvalue weighted by Crippen LogP contribution is 2.11. The molecule has 0 aliphatic heterocycles. The van der Waals surface area contributed by atoms with Gasteiger partial charge in [0, 0.05) is 25.3 Å². The van der Waals surface area contributed by atoms with Gasteiger partial charge < -0.3 is 15.2 Å². The van der Waals surface area contributed by atoms with E-state index < -0.39 is 17.3 Å². The van der Waals surface area contributed by atoms with Crippen LogP contribution in [0, 0.1) is 0 Å². The van der Waals surface area contributed by atoms with Crippen LogP contribution in [0.15, 0.2) is 60.7 Å². The maximum absolute atomic E-state index is 12.3. The van der Waals surface area contributed by atoms with Crippen molar-refractivity contribution < 1.29 is 23.9 Å². The Balaban J connectivity index is 1.80. The fraction of sp³-hybridized carbons (Fsp3) is 0.286. The molecule has 154 valence electrons. The Labute approximate surface area is 174 Å². The fourth-order valence-corrected chi connectivity index (χ4v) is 2.93. The van der Waals surface area contributed by atoms with E-state index in [-0.39, 0.29) is 38.5 Å². The van der Waals surface area contributed by atoms with Crippen molar-refractivity contribution in [2.24, 2.45) is 5.73 Å². The molecule has 0 bridgehead atoms. The third-order valence-corrected chi connectivity index (χ3v) is 4.56. The van der Waals surface area contributed by atoms with Crippen LogP contribution in [-0.2, 0) is 27.5 Å². The number of nitrogens with zero attached hydrogens (tertiary/aromatic N) is 1. The van der Waals surface area contributed by atoms with Gasteiger partial charge in [-0.3, -0.25) is 4.79 Å². The number of benzene rings is 2. The second-order valence-corrected chi connectivity index (χ2v) is 7.03. The minimum absolute atomic E-state index is 0.0174. The predicted octanol–water partition coefficient (Wildman–Crippen LogP) is 3.57. The average Bonchev–Trinajstić information content (AvgIpc) is 2.75. The number of rotatable bonds is 9. The predicted molar refractivity (Wildman–Crippen MR) is 111 cm³/mol. The molecular weight excluding hydrogens is 392 g/mol. The smallest absolute Gasteiger partial charge is 0.416 e. The number of carbonyl (C=O) groups is 3. The van der Waals surface area contributed by atoms with Gasteiger partial charge in [0.05, 0.1) is 0 Å². The van der Waals surface area contributed by atoms with Crippen molar-refractivity contribution in [1.82, 2.24) is 4.90 Å². The molecule has 2 amide bonds. The number of thioether (sulfide) groups is 1. The largest absolute Gasteiger partial charge is 0.453 e. The number of hydrogen-bond donors (Lipinski definition) is 1. The Kier molecular flexibility index (Phi) is 9.74. The summed E-state index contributed by atoms with van der Waals surface area (Å²) in [4.78, 5) is 37.4. The zero-order valence-electron chi connectivity index (χ0n) is 16.0. The molecule has 2 N–H and O–H groups in total. The van der Waals surface area contributed by atoms with E-state index in [2.05, 4.69) is 0 Å². The number of imide groups is 1. The Hall–Kier alpha value is -2.84. The van der Waals surface area contributed by atoms with Crippen LogP contribution in [0.5, 0.6) is 0 Å². The topological polar surface area (TPSA) is 98.9 Å². The molecule has 0 aromatic heterocycles. The van der Waals surface area contributed by atoms with Gasteiger partial charge in [-0.15, -0.1) is 0 Å². The molecule has 0 saturated heterocycles. The van der Waals surface area contributed by atoms with Crippen molar-refractivity contribution in [3.63, 3.8) is 0 Å². The lowest BCUT2D eigenvalue weighted by Crippen LogP contribution is -2.39. The molecule has 8 heteroatoms. The molecule has 2 aromatic rings. The average molecular weight is 416 g/mol. The monoisotopic (exact) mass is 416 g/mol. The van der Waals surface area contributed by atoms with Crippen LogP contribution in [-0.4, -0.2) is 41.0 Å². The Morgan fingerprint density at radius 2 is 1.41 bits per heavy atom. The van der Waals surface area contributed by atoms with E-state index in [1.807, 2.05) is 60.7 Å². The van der Waals surface area contributed by atoms with Crippen molar-refractivity contribution in [3.8, 4) is 0 Å². The summed E-state index contributed by atoms with van der Waals surface area (Å²) < 4.78 is 10.4. The van der Waals surface area contributed by atoms with Gasteiger partial charge in [-0.1, -0.05) is 60.7 Å². The molecule has 0 radical (unpaired) electrons. The van der Waals surface area contributed by atoms with Gasteiger partial charge in [0.2, 0.25) is 5.91 Å². The molecule has 2 rings (SSSR count). The zero-order chi connectivity index (χ0) is 20.9. The minimum Gasteiger partial charge on any atom is -0.453 e. The van der Waals surface area contributed by atoms with Gasteiger partial charge in [-0.25, -0.2) is 14.5 Å². The number of hydrogen-bond acceptors (Lipinski definition) is 7. The van der Waals surface area contributed by atoms with Gasteiger partial charge in [-0.2, -0.15) is 0 Å². The Morgan fingerprint density at radius 3 is 1.97 bits per heavy atom. The fourth-order valence-electron chi connectivity index (χ4n) is 2.35. The van der Waals surface area contributed by atoms with E-state index in [9.17, 15) is 14.4 Å². The molecule has 2 aromatic carbocycles.